The van der Waals surface area contributed by atoms with Crippen molar-refractivity contribution in [3.63, 3.8) is 0 Å². The fourth-order valence-electron chi connectivity index (χ4n) is 3.15. The molecule has 20 heavy (non-hydrogen) atoms. The normalized spacial score (nSPS) is 23.5. The molecule has 116 valence electrons. The van der Waals surface area contributed by atoms with Gasteiger partial charge in [0.1, 0.15) is 0 Å². The molecule has 1 aliphatic carbocycles. The molecule has 0 atom stereocenters. The molecule has 2 fully saturated rings. The molecule has 2 N–H and O–H groups in total. The van der Waals surface area contributed by atoms with Crippen LogP contribution in [-0.2, 0) is 10.0 Å². The first-order chi connectivity index (χ1) is 9.49. The Kier molecular flexibility index (Phi) is 5.26. The third kappa shape index (κ3) is 4.09. The number of nitrogens with zero attached hydrogens (tertiary/aromatic N) is 2. The molecule has 2 amide bonds. The number of hydrogen-bond acceptors (Lipinski definition) is 3. The van der Waals surface area contributed by atoms with Crippen molar-refractivity contribution in [1.29, 1.82) is 0 Å². The molecule has 1 saturated carbocycles. The Hall–Kier alpha value is -0.820. The van der Waals surface area contributed by atoms with Gasteiger partial charge in [-0.3, -0.25) is 0 Å². The molecule has 0 aromatic rings. The van der Waals surface area contributed by atoms with E-state index in [1.54, 1.807) is 4.31 Å². The third-order valence-corrected chi connectivity index (χ3v) is 6.38. The molecule has 7 heteroatoms. The average molecular weight is 303 g/mol. The number of carbonyl (C=O) groups is 1. The maximum Gasteiger partial charge on any atom is 0.314 e. The van der Waals surface area contributed by atoms with Crippen molar-refractivity contribution in [2.24, 2.45) is 11.7 Å². The van der Waals surface area contributed by atoms with E-state index < -0.39 is 16.1 Å². The summed E-state index contributed by atoms with van der Waals surface area (Å²) in [5.41, 5.74) is 5.26. The van der Waals surface area contributed by atoms with Crippen LogP contribution in [0, 0.1) is 5.92 Å². The van der Waals surface area contributed by atoms with Gasteiger partial charge in [0.05, 0.1) is 5.75 Å². The number of rotatable bonds is 3. The van der Waals surface area contributed by atoms with Crippen LogP contribution in [0.25, 0.3) is 0 Å². The Bertz CT molecular complexity index is 432. The Morgan fingerprint density at radius 1 is 1.00 bits per heavy atom. The zero-order valence-corrected chi connectivity index (χ0v) is 12.8. The summed E-state index contributed by atoms with van der Waals surface area (Å²) >= 11 is 0. The Morgan fingerprint density at radius 3 is 2.35 bits per heavy atom. The second kappa shape index (κ2) is 6.76. The summed E-state index contributed by atoms with van der Waals surface area (Å²) in [6, 6.07) is -0.462. The number of carbonyl (C=O) groups excluding carboxylic acids is 1. The molecule has 6 nitrogen and oxygen atoms in total. The van der Waals surface area contributed by atoms with Gasteiger partial charge in [-0.05, 0) is 25.2 Å². The molecule has 0 radical (unpaired) electrons. The lowest BCUT2D eigenvalue weighted by Crippen LogP contribution is -2.41. The highest BCUT2D eigenvalue weighted by atomic mass is 32.2. The van der Waals surface area contributed by atoms with E-state index in [0.717, 1.165) is 25.7 Å². The van der Waals surface area contributed by atoms with Gasteiger partial charge in [0.15, 0.2) is 0 Å². The van der Waals surface area contributed by atoms with Gasteiger partial charge in [-0.2, -0.15) is 0 Å². The van der Waals surface area contributed by atoms with Crippen LogP contribution in [0.2, 0.25) is 0 Å². The fourth-order valence-corrected chi connectivity index (χ4v) is 5.06. The molecule has 1 heterocycles. The van der Waals surface area contributed by atoms with Crippen molar-refractivity contribution in [1.82, 2.24) is 9.21 Å². The van der Waals surface area contributed by atoms with Crippen LogP contribution in [-0.4, -0.2) is 55.6 Å². The molecule has 0 aromatic heterocycles. The number of hydrogen-bond donors (Lipinski definition) is 1. The van der Waals surface area contributed by atoms with E-state index >= 15 is 0 Å². The maximum absolute atomic E-state index is 12.5. The second-order valence-corrected chi connectivity index (χ2v) is 7.87. The fraction of sp³-hybridized carbons (Fsp3) is 0.923. The van der Waals surface area contributed by atoms with Gasteiger partial charge in [0.2, 0.25) is 10.0 Å². The lowest BCUT2D eigenvalue weighted by Gasteiger charge is -2.26. The number of nitrogens with two attached hydrogens (primary N) is 1. The minimum atomic E-state index is -3.20. The number of primary amides is 1. The van der Waals surface area contributed by atoms with Crippen molar-refractivity contribution in [3.8, 4) is 0 Å². The van der Waals surface area contributed by atoms with Crippen molar-refractivity contribution in [2.45, 2.75) is 38.5 Å². The summed E-state index contributed by atoms with van der Waals surface area (Å²) in [7, 11) is -3.20. The van der Waals surface area contributed by atoms with E-state index in [1.165, 1.54) is 11.3 Å². The van der Waals surface area contributed by atoms with Crippen LogP contribution in [0.15, 0.2) is 0 Å². The first kappa shape index (κ1) is 15.6. The SMILES string of the molecule is NC(=O)N1CCCN(S(=O)(=O)CC2CCCCC2)CC1. The standard InChI is InChI=1S/C13H25N3O3S/c14-13(17)15-7-4-8-16(10-9-15)20(18,19)11-12-5-2-1-3-6-12/h12H,1-11H2,(H2,14,17). The van der Waals surface area contributed by atoms with Crippen molar-refractivity contribution < 1.29 is 13.2 Å². The molecule has 1 saturated heterocycles. The zero-order chi connectivity index (χ0) is 14.6. The molecule has 1 aliphatic heterocycles. The Morgan fingerprint density at radius 2 is 1.70 bits per heavy atom. The summed E-state index contributed by atoms with van der Waals surface area (Å²) < 4.78 is 26.5. The van der Waals surface area contributed by atoms with E-state index in [2.05, 4.69) is 0 Å². The molecule has 2 rings (SSSR count). The van der Waals surface area contributed by atoms with E-state index in [0.29, 0.717) is 38.5 Å². The Labute approximate surface area is 121 Å². The van der Waals surface area contributed by atoms with E-state index in [4.69, 9.17) is 5.73 Å². The van der Waals surface area contributed by atoms with E-state index in [9.17, 15) is 13.2 Å². The van der Waals surface area contributed by atoms with Crippen LogP contribution in [0.3, 0.4) is 0 Å². The highest BCUT2D eigenvalue weighted by molar-refractivity contribution is 7.89. The van der Waals surface area contributed by atoms with Crippen LogP contribution in [0.4, 0.5) is 4.79 Å². The summed E-state index contributed by atoms with van der Waals surface area (Å²) in [5, 5.41) is 0. The molecule has 0 aromatic carbocycles. The second-order valence-electron chi connectivity index (χ2n) is 5.86. The van der Waals surface area contributed by atoms with Crippen molar-refractivity contribution in [2.75, 3.05) is 31.9 Å². The lowest BCUT2D eigenvalue weighted by atomic mass is 9.91. The zero-order valence-electron chi connectivity index (χ0n) is 12.0. The largest absolute Gasteiger partial charge is 0.351 e. The summed E-state index contributed by atoms with van der Waals surface area (Å²) in [4.78, 5) is 12.7. The number of sulfonamides is 1. The first-order valence-electron chi connectivity index (χ1n) is 7.51. The highest BCUT2D eigenvalue weighted by Crippen LogP contribution is 2.26. The van der Waals surface area contributed by atoms with Gasteiger partial charge < -0.3 is 10.6 Å². The maximum atomic E-state index is 12.5. The monoisotopic (exact) mass is 303 g/mol. The summed E-state index contributed by atoms with van der Waals surface area (Å²) in [6.45, 7) is 1.82. The predicted molar refractivity (Wildman–Crippen MR) is 77.7 cm³/mol. The van der Waals surface area contributed by atoms with Gasteiger partial charge in [0.25, 0.3) is 0 Å². The average Bonchev–Trinajstić information content (AvgIpc) is 2.65. The van der Waals surface area contributed by atoms with Crippen LogP contribution >= 0.6 is 0 Å². The minimum absolute atomic E-state index is 0.267. The minimum Gasteiger partial charge on any atom is -0.351 e. The third-order valence-electron chi connectivity index (χ3n) is 4.33. The molecular weight excluding hydrogens is 278 g/mol. The van der Waals surface area contributed by atoms with Gasteiger partial charge in [-0.25, -0.2) is 17.5 Å². The molecule has 0 spiro atoms. The van der Waals surface area contributed by atoms with Crippen molar-refractivity contribution in [3.05, 3.63) is 0 Å². The highest BCUT2D eigenvalue weighted by Gasteiger charge is 2.29. The Balaban J connectivity index is 1.93. The van der Waals surface area contributed by atoms with Crippen LogP contribution in [0.1, 0.15) is 38.5 Å². The molecule has 0 unspecified atom stereocenters. The predicted octanol–water partition coefficient (Wildman–Crippen LogP) is 0.983. The smallest absolute Gasteiger partial charge is 0.314 e. The van der Waals surface area contributed by atoms with E-state index in [1.807, 2.05) is 0 Å². The molecule has 0 bridgehead atoms. The number of amides is 2. The van der Waals surface area contributed by atoms with Crippen LogP contribution in [0.5, 0.6) is 0 Å². The summed E-state index contributed by atoms with van der Waals surface area (Å²) in [6.07, 6.45) is 6.24. The quantitative estimate of drug-likeness (QED) is 0.843. The van der Waals surface area contributed by atoms with Crippen molar-refractivity contribution >= 4 is 16.1 Å². The summed E-state index contributed by atoms with van der Waals surface area (Å²) in [5.74, 6) is 0.577. The van der Waals surface area contributed by atoms with Gasteiger partial charge in [-0.15, -0.1) is 0 Å². The van der Waals surface area contributed by atoms with Gasteiger partial charge >= 0.3 is 6.03 Å². The van der Waals surface area contributed by atoms with Crippen LogP contribution < -0.4 is 5.73 Å². The molecular formula is C13H25N3O3S. The van der Waals surface area contributed by atoms with Gasteiger partial charge in [-0.1, -0.05) is 19.3 Å². The molecule has 2 aliphatic rings. The number of urea groups is 1. The first-order valence-corrected chi connectivity index (χ1v) is 9.12. The topological polar surface area (TPSA) is 83.7 Å². The van der Waals surface area contributed by atoms with Gasteiger partial charge in [0, 0.05) is 26.2 Å². The van der Waals surface area contributed by atoms with E-state index in [-0.39, 0.29) is 5.75 Å². The lowest BCUT2D eigenvalue weighted by molar-refractivity contribution is 0.210.